The number of carbonyl (C=O) groups is 2. The summed E-state index contributed by atoms with van der Waals surface area (Å²) in [7, 11) is 1.36. The third kappa shape index (κ3) is 4.21. The van der Waals surface area contributed by atoms with E-state index in [0.29, 0.717) is 5.56 Å². The topological polar surface area (TPSA) is 75.6 Å². The monoisotopic (exact) mass is 469 g/mol. The van der Waals surface area contributed by atoms with E-state index in [2.05, 4.69) is 5.32 Å². The quantitative estimate of drug-likeness (QED) is 0.438. The Morgan fingerprint density at radius 1 is 1.10 bits per heavy atom. The molecule has 0 spiro atoms. The van der Waals surface area contributed by atoms with Gasteiger partial charge in [-0.3, -0.25) is 4.79 Å². The van der Waals surface area contributed by atoms with Gasteiger partial charge >= 0.3 is 5.97 Å². The highest BCUT2D eigenvalue weighted by Crippen LogP contribution is 2.41. The molecule has 1 heterocycles. The molecule has 0 bridgehead atoms. The maximum absolute atomic E-state index is 12.8. The lowest BCUT2D eigenvalue weighted by atomic mass is 10.0. The Hall–Kier alpha value is -2.25. The summed E-state index contributed by atoms with van der Waals surface area (Å²) >= 11 is 19.5. The van der Waals surface area contributed by atoms with Gasteiger partial charge in [-0.25, -0.2) is 4.79 Å². The lowest BCUT2D eigenvalue weighted by Crippen LogP contribution is -2.15. The molecule has 0 atom stereocenters. The molecule has 0 saturated heterocycles. The second-order valence-electron chi connectivity index (χ2n) is 6.04. The molecule has 0 fully saturated rings. The molecule has 1 amide bonds. The molecule has 0 radical (unpaired) electrons. The Labute approximate surface area is 185 Å². The van der Waals surface area contributed by atoms with Gasteiger partial charge in [-0.05, 0) is 18.6 Å². The third-order valence-electron chi connectivity index (χ3n) is 4.12. The Morgan fingerprint density at radius 2 is 1.83 bits per heavy atom. The maximum Gasteiger partial charge on any atom is 0.339 e. The first-order chi connectivity index (χ1) is 13.7. The first-order valence-corrected chi connectivity index (χ1v) is 10.2. The van der Waals surface area contributed by atoms with E-state index in [0.717, 1.165) is 22.5 Å². The van der Waals surface area contributed by atoms with Crippen LogP contribution in [-0.4, -0.2) is 24.1 Å². The van der Waals surface area contributed by atoms with Crippen molar-refractivity contribution in [3.8, 4) is 16.9 Å². The Kier molecular flexibility index (Phi) is 6.39. The third-order valence-corrected chi connectivity index (χ3v) is 5.96. The van der Waals surface area contributed by atoms with Gasteiger partial charge < -0.3 is 15.2 Å². The first-order valence-electron chi connectivity index (χ1n) is 8.19. The van der Waals surface area contributed by atoms with Crippen molar-refractivity contribution in [2.45, 2.75) is 6.92 Å². The van der Waals surface area contributed by atoms with E-state index in [1.54, 1.807) is 5.38 Å². The number of hydrogen-bond acceptors (Lipinski definition) is 4. The number of carboxylic acid groups (broad SMARTS) is 1. The molecule has 0 aliphatic rings. The molecular formula is C20H14Cl3NO4S. The van der Waals surface area contributed by atoms with Crippen LogP contribution in [0.3, 0.4) is 0 Å². The highest BCUT2D eigenvalue weighted by atomic mass is 35.5. The van der Waals surface area contributed by atoms with Crippen LogP contribution in [0.2, 0.25) is 15.1 Å². The van der Waals surface area contributed by atoms with E-state index >= 15 is 0 Å². The van der Waals surface area contributed by atoms with E-state index in [1.165, 1.54) is 13.2 Å². The van der Waals surface area contributed by atoms with Crippen molar-refractivity contribution >= 4 is 63.0 Å². The van der Waals surface area contributed by atoms with Crippen LogP contribution in [0.25, 0.3) is 11.1 Å². The lowest BCUT2D eigenvalue weighted by molar-refractivity contribution is 0.0699. The number of amides is 1. The standard InChI is InChI=1S/C20H14Cl3NO4S/c1-9-4-3-5-10(6-9)11-8-29-19(14(11)20(26)27)24-18(25)15-12(21)7-13(22)17(28-2)16(15)23/h3-8H,1-2H3,(H,24,25)(H,26,27). The molecule has 3 rings (SSSR count). The summed E-state index contributed by atoms with van der Waals surface area (Å²) < 4.78 is 5.11. The number of aryl methyl sites for hydroxylation is 1. The lowest BCUT2D eigenvalue weighted by Gasteiger charge is -2.13. The highest BCUT2D eigenvalue weighted by molar-refractivity contribution is 7.15. The van der Waals surface area contributed by atoms with Crippen molar-refractivity contribution in [1.29, 1.82) is 0 Å². The van der Waals surface area contributed by atoms with Gasteiger partial charge in [0.15, 0.2) is 5.75 Å². The predicted molar refractivity (Wildman–Crippen MR) is 117 cm³/mol. The average molecular weight is 471 g/mol. The van der Waals surface area contributed by atoms with Gasteiger partial charge in [0.25, 0.3) is 5.91 Å². The average Bonchev–Trinajstić information content (AvgIpc) is 3.05. The minimum atomic E-state index is -1.16. The number of anilines is 1. The molecule has 0 unspecified atom stereocenters. The summed E-state index contributed by atoms with van der Waals surface area (Å²) in [6, 6.07) is 8.78. The Morgan fingerprint density at radius 3 is 2.45 bits per heavy atom. The Bertz CT molecular complexity index is 1130. The fourth-order valence-corrected chi connectivity index (χ4v) is 4.87. The number of carboxylic acids is 1. The van der Waals surface area contributed by atoms with Gasteiger partial charge in [0.05, 0.1) is 27.7 Å². The number of carbonyl (C=O) groups excluding carboxylic acids is 1. The van der Waals surface area contributed by atoms with Crippen LogP contribution in [0.15, 0.2) is 35.7 Å². The number of benzene rings is 2. The van der Waals surface area contributed by atoms with Crippen LogP contribution >= 0.6 is 46.1 Å². The summed E-state index contributed by atoms with van der Waals surface area (Å²) in [5, 5.41) is 14.3. The van der Waals surface area contributed by atoms with Crippen molar-refractivity contribution < 1.29 is 19.4 Å². The normalized spacial score (nSPS) is 10.7. The van der Waals surface area contributed by atoms with Gasteiger partial charge in [0.1, 0.15) is 10.6 Å². The Balaban J connectivity index is 2.04. The van der Waals surface area contributed by atoms with Gasteiger partial charge in [-0.1, -0.05) is 64.6 Å². The molecular weight excluding hydrogens is 457 g/mol. The van der Waals surface area contributed by atoms with Crippen molar-refractivity contribution in [3.63, 3.8) is 0 Å². The largest absolute Gasteiger partial charge is 0.494 e. The second-order valence-corrected chi connectivity index (χ2v) is 8.12. The molecule has 2 aromatic carbocycles. The molecule has 2 N–H and O–H groups in total. The minimum Gasteiger partial charge on any atom is -0.494 e. The smallest absolute Gasteiger partial charge is 0.339 e. The van der Waals surface area contributed by atoms with Gasteiger partial charge in [-0.2, -0.15) is 0 Å². The number of rotatable bonds is 5. The molecule has 5 nitrogen and oxygen atoms in total. The van der Waals surface area contributed by atoms with Crippen molar-refractivity contribution in [2.24, 2.45) is 0 Å². The summed E-state index contributed by atoms with van der Waals surface area (Å²) in [5.41, 5.74) is 2.16. The van der Waals surface area contributed by atoms with Gasteiger partial charge in [0, 0.05) is 10.9 Å². The number of hydrogen-bond donors (Lipinski definition) is 2. The minimum absolute atomic E-state index is 0.0119. The number of aromatic carboxylic acids is 1. The fourth-order valence-electron chi connectivity index (χ4n) is 2.82. The zero-order chi connectivity index (χ0) is 21.3. The molecule has 0 aliphatic carbocycles. The number of thiophene rings is 1. The van der Waals surface area contributed by atoms with Crippen LogP contribution in [0.5, 0.6) is 5.75 Å². The van der Waals surface area contributed by atoms with Crippen LogP contribution in [0.1, 0.15) is 26.3 Å². The van der Waals surface area contributed by atoms with Crippen LogP contribution in [0.4, 0.5) is 5.00 Å². The van der Waals surface area contributed by atoms with Crippen LogP contribution in [-0.2, 0) is 0 Å². The number of nitrogens with one attached hydrogen (secondary N) is 1. The molecule has 3 aromatic rings. The first kappa shape index (κ1) is 21.5. The van der Waals surface area contributed by atoms with Crippen LogP contribution < -0.4 is 10.1 Å². The molecule has 0 aliphatic heterocycles. The molecule has 0 saturated carbocycles. The van der Waals surface area contributed by atoms with E-state index in [1.807, 2.05) is 31.2 Å². The highest BCUT2D eigenvalue weighted by Gasteiger charge is 2.25. The summed E-state index contributed by atoms with van der Waals surface area (Å²) in [4.78, 5) is 24.8. The van der Waals surface area contributed by atoms with Crippen molar-refractivity contribution in [3.05, 3.63) is 67.5 Å². The van der Waals surface area contributed by atoms with Gasteiger partial charge in [0.2, 0.25) is 0 Å². The maximum atomic E-state index is 12.8. The summed E-state index contributed by atoms with van der Waals surface area (Å²) in [5.74, 6) is -1.73. The fraction of sp³-hybridized carbons (Fsp3) is 0.100. The van der Waals surface area contributed by atoms with E-state index in [-0.39, 0.29) is 36.9 Å². The summed E-state index contributed by atoms with van der Waals surface area (Å²) in [6.45, 7) is 1.91. The van der Waals surface area contributed by atoms with E-state index in [4.69, 9.17) is 39.5 Å². The zero-order valence-electron chi connectivity index (χ0n) is 15.2. The number of ether oxygens (including phenoxy) is 1. The van der Waals surface area contributed by atoms with Crippen molar-refractivity contribution in [2.75, 3.05) is 12.4 Å². The number of methoxy groups -OCH3 is 1. The number of halogens is 3. The molecule has 150 valence electrons. The molecule has 9 heteroatoms. The van der Waals surface area contributed by atoms with E-state index < -0.39 is 11.9 Å². The van der Waals surface area contributed by atoms with E-state index in [9.17, 15) is 14.7 Å². The summed E-state index contributed by atoms with van der Waals surface area (Å²) in [6.07, 6.45) is 0. The SMILES string of the molecule is COc1c(Cl)cc(Cl)c(C(=O)Nc2scc(-c3cccc(C)c3)c2C(=O)O)c1Cl. The second kappa shape index (κ2) is 8.63. The van der Waals surface area contributed by atoms with Crippen LogP contribution in [0, 0.1) is 6.92 Å². The zero-order valence-corrected chi connectivity index (χ0v) is 18.3. The molecule has 29 heavy (non-hydrogen) atoms. The predicted octanol–water partition coefficient (Wildman–Crippen LogP) is 6.64. The van der Waals surface area contributed by atoms with Gasteiger partial charge in [-0.15, -0.1) is 11.3 Å². The van der Waals surface area contributed by atoms with Crippen molar-refractivity contribution in [1.82, 2.24) is 0 Å². The molecule has 1 aromatic heterocycles.